The Balaban J connectivity index is 1.24. The summed E-state index contributed by atoms with van der Waals surface area (Å²) in [5, 5.41) is 4.94. The van der Waals surface area contributed by atoms with Gasteiger partial charge in [0.2, 0.25) is 0 Å². The summed E-state index contributed by atoms with van der Waals surface area (Å²) in [6.07, 6.45) is 9.39. The number of fused-ring (bicyclic) bond motifs is 5. The average molecular weight is 603 g/mol. The third kappa shape index (κ3) is 4.82. The van der Waals surface area contributed by atoms with Crippen LogP contribution >= 0.6 is 0 Å². The molecule has 2 aromatic heterocycles. The van der Waals surface area contributed by atoms with E-state index in [1.807, 2.05) is 6.07 Å². The highest BCUT2D eigenvalue weighted by atomic mass is 15.0. The van der Waals surface area contributed by atoms with Crippen molar-refractivity contribution < 1.29 is 0 Å². The van der Waals surface area contributed by atoms with Crippen LogP contribution in [-0.4, -0.2) is 19.5 Å². The van der Waals surface area contributed by atoms with Crippen molar-refractivity contribution in [1.29, 1.82) is 0 Å². The predicted molar refractivity (Wildman–Crippen MR) is 194 cm³/mol. The van der Waals surface area contributed by atoms with E-state index in [9.17, 15) is 0 Å². The van der Waals surface area contributed by atoms with Gasteiger partial charge < -0.3 is 4.57 Å². The molecular formula is C43H30N4. The number of nitrogens with zero attached hydrogens (tertiary/aromatic N) is 4. The number of hydrogen-bond donors (Lipinski definition) is 0. The minimum absolute atomic E-state index is 0.0926. The third-order valence-corrected chi connectivity index (χ3v) is 9.14. The van der Waals surface area contributed by atoms with Gasteiger partial charge in [0.1, 0.15) is 5.82 Å². The van der Waals surface area contributed by atoms with Crippen molar-refractivity contribution >= 4 is 32.6 Å². The lowest BCUT2D eigenvalue weighted by Gasteiger charge is -2.15. The second-order valence-electron chi connectivity index (χ2n) is 12.0. The molecule has 0 N–H and O–H groups in total. The molecule has 222 valence electrons. The maximum absolute atomic E-state index is 5.11. The Morgan fingerprint density at radius 3 is 1.98 bits per heavy atom. The first-order chi connectivity index (χ1) is 23.3. The van der Waals surface area contributed by atoms with Gasteiger partial charge in [-0.05, 0) is 52.6 Å². The van der Waals surface area contributed by atoms with E-state index in [2.05, 4.69) is 162 Å². The summed E-state index contributed by atoms with van der Waals surface area (Å²) in [6.45, 7) is 0. The van der Waals surface area contributed by atoms with Crippen LogP contribution < -0.4 is 0 Å². The number of benzene rings is 6. The van der Waals surface area contributed by atoms with Crippen LogP contribution in [0.2, 0.25) is 0 Å². The van der Waals surface area contributed by atoms with E-state index in [1.165, 1.54) is 32.6 Å². The zero-order valence-electron chi connectivity index (χ0n) is 25.7. The van der Waals surface area contributed by atoms with Crippen LogP contribution in [0.5, 0.6) is 0 Å². The minimum Gasteiger partial charge on any atom is -0.309 e. The van der Waals surface area contributed by atoms with Gasteiger partial charge >= 0.3 is 0 Å². The van der Waals surface area contributed by atoms with Gasteiger partial charge in [0.25, 0.3) is 0 Å². The highest BCUT2D eigenvalue weighted by molar-refractivity contribution is 6.21. The Kier molecular flexibility index (Phi) is 6.57. The van der Waals surface area contributed by atoms with Crippen LogP contribution in [-0.2, 0) is 0 Å². The standard InChI is InChI=1S/C43H30N4/c1-4-12-29(13-5-1)30-20-22-33(23-21-30)42-44-41(32-15-6-2-7-16-32)45-43(46-42)34-24-26-37-39(28-34)47(35-17-8-3-9-18-35)38-27-25-31-14-10-11-19-36(31)40(37)38/h1-15,17-28,32H,16H2. The van der Waals surface area contributed by atoms with Gasteiger partial charge in [-0.3, -0.25) is 0 Å². The quantitative estimate of drug-likeness (QED) is 0.197. The molecular weight excluding hydrogens is 573 g/mol. The first-order valence-corrected chi connectivity index (χ1v) is 16.1. The van der Waals surface area contributed by atoms with E-state index in [-0.39, 0.29) is 5.92 Å². The molecule has 0 bridgehead atoms. The maximum atomic E-state index is 5.11. The molecule has 1 aliphatic carbocycles. The molecule has 0 fully saturated rings. The van der Waals surface area contributed by atoms with E-state index >= 15 is 0 Å². The van der Waals surface area contributed by atoms with Crippen LogP contribution in [0, 0.1) is 0 Å². The van der Waals surface area contributed by atoms with Gasteiger partial charge in [-0.25, -0.2) is 15.0 Å². The van der Waals surface area contributed by atoms with Gasteiger partial charge in [-0.2, -0.15) is 0 Å². The van der Waals surface area contributed by atoms with Crippen LogP contribution in [0.1, 0.15) is 18.2 Å². The lowest BCUT2D eigenvalue weighted by molar-refractivity contribution is 0.764. The molecule has 8 aromatic rings. The predicted octanol–water partition coefficient (Wildman–Crippen LogP) is 10.7. The molecule has 6 aromatic carbocycles. The normalized spacial score (nSPS) is 14.3. The summed E-state index contributed by atoms with van der Waals surface area (Å²) < 4.78 is 2.36. The maximum Gasteiger partial charge on any atom is 0.163 e. The van der Waals surface area contributed by atoms with E-state index < -0.39 is 0 Å². The van der Waals surface area contributed by atoms with Gasteiger partial charge in [0.15, 0.2) is 11.6 Å². The Hall–Kier alpha value is -6.13. The van der Waals surface area contributed by atoms with Crippen molar-refractivity contribution in [1.82, 2.24) is 19.5 Å². The minimum atomic E-state index is 0.0926. The highest BCUT2D eigenvalue weighted by Crippen LogP contribution is 2.38. The summed E-state index contributed by atoms with van der Waals surface area (Å²) in [5.41, 5.74) is 7.70. The van der Waals surface area contributed by atoms with Crippen molar-refractivity contribution in [3.05, 3.63) is 170 Å². The Bertz CT molecular complexity index is 2470. The molecule has 4 nitrogen and oxygen atoms in total. The monoisotopic (exact) mass is 602 g/mol. The molecule has 0 saturated carbocycles. The largest absolute Gasteiger partial charge is 0.309 e. The zero-order chi connectivity index (χ0) is 31.2. The molecule has 47 heavy (non-hydrogen) atoms. The molecule has 0 aliphatic heterocycles. The van der Waals surface area contributed by atoms with E-state index in [1.54, 1.807) is 0 Å². The molecule has 0 amide bonds. The van der Waals surface area contributed by atoms with E-state index in [4.69, 9.17) is 15.0 Å². The number of rotatable bonds is 5. The second-order valence-corrected chi connectivity index (χ2v) is 12.0. The molecule has 9 rings (SSSR count). The van der Waals surface area contributed by atoms with E-state index in [0.717, 1.165) is 40.1 Å². The summed E-state index contributed by atoms with van der Waals surface area (Å²) in [6, 6.07) is 49.3. The lowest BCUT2D eigenvalue weighted by Crippen LogP contribution is -2.08. The fraction of sp³-hybridized carbons (Fsp3) is 0.0465. The Morgan fingerprint density at radius 2 is 1.19 bits per heavy atom. The number of allylic oxidation sites excluding steroid dienone is 4. The molecule has 4 heteroatoms. The number of para-hydroxylation sites is 1. The Morgan fingerprint density at radius 1 is 0.511 bits per heavy atom. The van der Waals surface area contributed by atoms with Crippen molar-refractivity contribution in [2.75, 3.05) is 0 Å². The lowest BCUT2D eigenvalue weighted by atomic mass is 9.99. The van der Waals surface area contributed by atoms with Crippen LogP contribution in [0.15, 0.2) is 164 Å². The van der Waals surface area contributed by atoms with Crippen molar-refractivity contribution in [2.45, 2.75) is 12.3 Å². The average Bonchev–Trinajstić information content (AvgIpc) is 3.50. The fourth-order valence-electron chi connectivity index (χ4n) is 6.81. The van der Waals surface area contributed by atoms with Gasteiger partial charge in [0, 0.05) is 33.5 Å². The van der Waals surface area contributed by atoms with Crippen LogP contribution in [0.3, 0.4) is 0 Å². The molecule has 2 heterocycles. The molecule has 0 spiro atoms. The SMILES string of the molecule is C1=CCC(c2nc(-c3ccc(-c4ccccc4)cc3)nc(-c3ccc4c5c6ccccc6ccc5n(-c5ccccc5)c4c3)n2)C=C1. The first-order valence-electron chi connectivity index (χ1n) is 16.1. The first kappa shape index (κ1) is 27.2. The van der Waals surface area contributed by atoms with Gasteiger partial charge in [0.05, 0.1) is 11.0 Å². The third-order valence-electron chi connectivity index (χ3n) is 9.14. The summed E-state index contributed by atoms with van der Waals surface area (Å²) in [7, 11) is 0. The second kappa shape index (κ2) is 11.3. The molecule has 1 atom stereocenters. The Labute approximate surface area is 273 Å². The van der Waals surface area contributed by atoms with Crippen LogP contribution in [0.25, 0.3) is 72.2 Å². The topological polar surface area (TPSA) is 43.6 Å². The summed E-state index contributed by atoms with van der Waals surface area (Å²) in [5.74, 6) is 2.24. The summed E-state index contributed by atoms with van der Waals surface area (Å²) in [4.78, 5) is 15.3. The van der Waals surface area contributed by atoms with Crippen molar-refractivity contribution in [2.24, 2.45) is 0 Å². The summed E-state index contributed by atoms with van der Waals surface area (Å²) >= 11 is 0. The molecule has 1 aliphatic rings. The zero-order valence-corrected chi connectivity index (χ0v) is 25.7. The van der Waals surface area contributed by atoms with Crippen LogP contribution in [0.4, 0.5) is 0 Å². The van der Waals surface area contributed by atoms with Crippen molar-refractivity contribution in [3.8, 4) is 39.6 Å². The van der Waals surface area contributed by atoms with Gasteiger partial charge in [-0.1, -0.05) is 140 Å². The molecule has 1 unspecified atom stereocenters. The van der Waals surface area contributed by atoms with E-state index in [0.29, 0.717) is 11.6 Å². The molecule has 0 saturated heterocycles. The molecule has 0 radical (unpaired) electrons. The van der Waals surface area contributed by atoms with Gasteiger partial charge in [-0.15, -0.1) is 0 Å². The number of aromatic nitrogens is 4. The van der Waals surface area contributed by atoms with Crippen molar-refractivity contribution in [3.63, 3.8) is 0 Å². The smallest absolute Gasteiger partial charge is 0.163 e. The fourth-order valence-corrected chi connectivity index (χ4v) is 6.81. The highest BCUT2D eigenvalue weighted by Gasteiger charge is 2.20. The number of hydrogen-bond acceptors (Lipinski definition) is 3.